The van der Waals surface area contributed by atoms with Crippen LogP contribution in [0.5, 0.6) is 0 Å². The molecule has 0 radical (unpaired) electrons. The second-order valence-electron chi connectivity index (χ2n) is 7.87. The van der Waals surface area contributed by atoms with Crippen molar-refractivity contribution in [3.05, 3.63) is 23.0 Å². The molecule has 0 aromatic carbocycles. The van der Waals surface area contributed by atoms with Crippen LogP contribution in [0.4, 0.5) is 0 Å². The number of carbonyl (C=O) groups excluding carboxylic acids is 1. The van der Waals surface area contributed by atoms with E-state index in [1.165, 1.54) is 0 Å². The number of nitrogens with zero attached hydrogens (tertiary/aromatic N) is 3. The van der Waals surface area contributed by atoms with Gasteiger partial charge in [0.15, 0.2) is 0 Å². The Morgan fingerprint density at radius 3 is 2.85 bits per heavy atom. The molecule has 1 amide bonds. The molecule has 2 saturated heterocycles. The average molecular weight is 373 g/mol. The van der Waals surface area contributed by atoms with Gasteiger partial charge in [0.25, 0.3) is 11.6 Å². The summed E-state index contributed by atoms with van der Waals surface area (Å²) in [5.41, 5.74) is 1.24. The van der Waals surface area contributed by atoms with Crippen molar-refractivity contribution in [3.63, 3.8) is 0 Å². The van der Waals surface area contributed by atoms with E-state index in [0.29, 0.717) is 48.5 Å². The summed E-state index contributed by atoms with van der Waals surface area (Å²) in [6, 6.07) is 1.78. The van der Waals surface area contributed by atoms with E-state index < -0.39 is 11.4 Å². The van der Waals surface area contributed by atoms with Crippen LogP contribution >= 0.6 is 0 Å². The fraction of sp³-hybridized carbons (Fsp3) is 0.579. The zero-order valence-corrected chi connectivity index (χ0v) is 15.7. The predicted molar refractivity (Wildman–Crippen MR) is 95.5 cm³/mol. The van der Waals surface area contributed by atoms with E-state index in [1.54, 1.807) is 17.9 Å². The first-order chi connectivity index (χ1) is 12.8. The van der Waals surface area contributed by atoms with Crippen LogP contribution in [0.3, 0.4) is 0 Å². The van der Waals surface area contributed by atoms with Gasteiger partial charge in [0.05, 0.1) is 28.7 Å². The van der Waals surface area contributed by atoms with Crippen LogP contribution in [0.25, 0.3) is 11.1 Å². The molecule has 27 heavy (non-hydrogen) atoms. The van der Waals surface area contributed by atoms with Crippen molar-refractivity contribution < 1.29 is 24.0 Å². The number of carboxylic acid groups (broad SMARTS) is 1. The number of hydrogen-bond donors (Lipinski definition) is 1. The van der Waals surface area contributed by atoms with Crippen LogP contribution in [0.1, 0.15) is 47.9 Å². The van der Waals surface area contributed by atoms with E-state index in [0.717, 1.165) is 5.69 Å². The van der Waals surface area contributed by atoms with Gasteiger partial charge in [-0.2, -0.15) is 0 Å². The smallest absolute Gasteiger partial charge is 0.311 e. The number of pyridine rings is 1. The Labute approximate surface area is 156 Å². The van der Waals surface area contributed by atoms with Crippen LogP contribution in [-0.4, -0.2) is 58.3 Å². The Kier molecular flexibility index (Phi) is 4.18. The lowest BCUT2D eigenvalue weighted by atomic mass is 9.74. The van der Waals surface area contributed by atoms with Crippen molar-refractivity contribution >= 4 is 23.0 Å². The molecule has 2 aromatic heterocycles. The maximum atomic E-state index is 13.4. The molecule has 2 atom stereocenters. The van der Waals surface area contributed by atoms with Gasteiger partial charge in [0, 0.05) is 31.3 Å². The SMILES string of the molecule is Cc1noc2nc(C(C)C)cc(C(=O)N3C[C@H]4COCC[C@@]4(C(=O)O)C3)c12. The molecule has 0 spiro atoms. The topological polar surface area (TPSA) is 106 Å². The maximum Gasteiger partial charge on any atom is 0.311 e. The van der Waals surface area contributed by atoms with Crippen molar-refractivity contribution in [2.45, 2.75) is 33.1 Å². The lowest BCUT2D eigenvalue weighted by Crippen LogP contribution is -2.45. The highest BCUT2D eigenvalue weighted by Gasteiger charge is 2.55. The van der Waals surface area contributed by atoms with Crippen molar-refractivity contribution in [3.8, 4) is 0 Å². The molecule has 2 fully saturated rings. The van der Waals surface area contributed by atoms with E-state index >= 15 is 0 Å². The summed E-state index contributed by atoms with van der Waals surface area (Å²) in [5, 5.41) is 14.4. The monoisotopic (exact) mass is 373 g/mol. The molecular weight excluding hydrogens is 350 g/mol. The highest BCUT2D eigenvalue weighted by Crippen LogP contribution is 2.43. The van der Waals surface area contributed by atoms with E-state index in [2.05, 4.69) is 10.1 Å². The third kappa shape index (κ3) is 2.70. The Hall–Kier alpha value is -2.48. The zero-order chi connectivity index (χ0) is 19.3. The van der Waals surface area contributed by atoms with Crippen molar-refractivity contribution in [1.82, 2.24) is 15.0 Å². The molecule has 2 aromatic rings. The summed E-state index contributed by atoms with van der Waals surface area (Å²) in [5.74, 6) is -1.13. The molecule has 2 aliphatic rings. The molecule has 4 rings (SSSR count). The predicted octanol–water partition coefficient (Wildman–Crippen LogP) is 2.22. The highest BCUT2D eigenvalue weighted by atomic mass is 16.5. The number of hydrogen-bond acceptors (Lipinski definition) is 6. The number of fused-ring (bicyclic) bond motifs is 2. The van der Waals surface area contributed by atoms with E-state index in [-0.39, 0.29) is 24.3 Å². The summed E-state index contributed by atoms with van der Waals surface area (Å²) in [6.07, 6.45) is 0.423. The number of rotatable bonds is 3. The number of aryl methyl sites for hydroxylation is 1. The second kappa shape index (κ2) is 6.30. The summed E-state index contributed by atoms with van der Waals surface area (Å²) in [7, 11) is 0. The Balaban J connectivity index is 1.75. The maximum absolute atomic E-state index is 13.4. The molecule has 0 bridgehead atoms. The second-order valence-corrected chi connectivity index (χ2v) is 7.87. The molecule has 8 nitrogen and oxygen atoms in total. The lowest BCUT2D eigenvalue weighted by Gasteiger charge is -2.33. The quantitative estimate of drug-likeness (QED) is 0.879. The number of aromatic nitrogens is 2. The molecule has 1 N–H and O–H groups in total. The van der Waals surface area contributed by atoms with Crippen LogP contribution in [0, 0.1) is 18.3 Å². The van der Waals surface area contributed by atoms with Gasteiger partial charge >= 0.3 is 5.97 Å². The first-order valence-electron chi connectivity index (χ1n) is 9.21. The van der Waals surface area contributed by atoms with E-state index in [1.807, 2.05) is 13.8 Å². The molecule has 0 saturated carbocycles. The third-order valence-corrected chi connectivity index (χ3v) is 5.88. The minimum atomic E-state index is -0.926. The largest absolute Gasteiger partial charge is 0.481 e. The van der Waals surface area contributed by atoms with Gasteiger partial charge < -0.3 is 19.3 Å². The average Bonchev–Trinajstić information content (AvgIpc) is 3.22. The van der Waals surface area contributed by atoms with Crippen molar-refractivity contribution in [2.75, 3.05) is 26.3 Å². The lowest BCUT2D eigenvalue weighted by molar-refractivity contribution is -0.157. The highest BCUT2D eigenvalue weighted by molar-refractivity contribution is 6.06. The van der Waals surface area contributed by atoms with Gasteiger partial charge in [-0.1, -0.05) is 19.0 Å². The summed E-state index contributed by atoms with van der Waals surface area (Å²) >= 11 is 0. The Morgan fingerprint density at radius 1 is 1.41 bits per heavy atom. The van der Waals surface area contributed by atoms with Crippen LogP contribution in [0.2, 0.25) is 0 Å². The summed E-state index contributed by atoms with van der Waals surface area (Å²) in [4.78, 5) is 31.5. The first-order valence-corrected chi connectivity index (χ1v) is 9.21. The number of aliphatic carboxylic acids is 1. The minimum absolute atomic E-state index is 0.117. The first kappa shape index (κ1) is 17.9. The molecule has 144 valence electrons. The van der Waals surface area contributed by atoms with Gasteiger partial charge in [-0.3, -0.25) is 9.59 Å². The fourth-order valence-electron chi connectivity index (χ4n) is 4.20. The molecule has 0 unspecified atom stereocenters. The summed E-state index contributed by atoms with van der Waals surface area (Å²) in [6.45, 7) is 7.10. The number of amides is 1. The van der Waals surface area contributed by atoms with Crippen molar-refractivity contribution in [1.29, 1.82) is 0 Å². The normalized spacial score (nSPS) is 25.2. The van der Waals surface area contributed by atoms with Gasteiger partial charge in [0.1, 0.15) is 0 Å². The number of likely N-dealkylation sites (tertiary alicyclic amines) is 1. The summed E-state index contributed by atoms with van der Waals surface area (Å²) < 4.78 is 10.8. The molecule has 0 aliphatic carbocycles. The van der Waals surface area contributed by atoms with Crippen LogP contribution in [-0.2, 0) is 9.53 Å². The molecule has 4 heterocycles. The third-order valence-electron chi connectivity index (χ3n) is 5.88. The van der Waals surface area contributed by atoms with Gasteiger partial charge in [-0.25, -0.2) is 4.98 Å². The van der Waals surface area contributed by atoms with Crippen LogP contribution < -0.4 is 0 Å². The molecular formula is C19H23N3O5. The number of ether oxygens (including phenoxy) is 1. The van der Waals surface area contributed by atoms with Gasteiger partial charge in [-0.15, -0.1) is 0 Å². The Morgan fingerprint density at radius 2 is 2.19 bits per heavy atom. The van der Waals surface area contributed by atoms with Crippen LogP contribution in [0.15, 0.2) is 10.6 Å². The minimum Gasteiger partial charge on any atom is -0.481 e. The fourth-order valence-corrected chi connectivity index (χ4v) is 4.20. The van der Waals surface area contributed by atoms with Crippen molar-refractivity contribution in [2.24, 2.45) is 11.3 Å². The zero-order valence-electron chi connectivity index (χ0n) is 15.7. The van der Waals surface area contributed by atoms with Gasteiger partial charge in [0.2, 0.25) is 0 Å². The van der Waals surface area contributed by atoms with Gasteiger partial charge in [-0.05, 0) is 25.3 Å². The standard InChI is InChI=1S/C19H23N3O5/c1-10(2)14-6-13(15-11(3)21-27-16(15)20-14)17(23)22-7-12-8-26-5-4-19(12,9-22)18(24)25/h6,10,12H,4-5,7-9H2,1-3H3,(H,24,25)/t12-,19+/m0/s1. The molecule has 8 heteroatoms. The Bertz CT molecular complexity index is 921. The number of carboxylic acids is 1. The number of carbonyl (C=O) groups is 2. The van der Waals surface area contributed by atoms with E-state index in [4.69, 9.17) is 9.26 Å². The molecule has 2 aliphatic heterocycles. The van der Waals surface area contributed by atoms with E-state index in [9.17, 15) is 14.7 Å².